The van der Waals surface area contributed by atoms with Crippen molar-refractivity contribution in [2.45, 2.75) is 82.3 Å². The number of nitrogens with two attached hydrogens (primary N) is 1. The first kappa shape index (κ1) is 28.0. The Hall–Kier alpha value is -3.58. The third kappa shape index (κ3) is 6.09. The molecule has 9 nitrogen and oxygen atoms in total. The van der Waals surface area contributed by atoms with Crippen molar-refractivity contribution in [1.82, 2.24) is 25.1 Å². The van der Waals surface area contributed by atoms with Crippen molar-refractivity contribution >= 4 is 17.5 Å². The van der Waals surface area contributed by atoms with Gasteiger partial charge in [0.15, 0.2) is 5.65 Å². The molecule has 14 heteroatoms. The molecule has 2 aliphatic carbocycles. The Balaban J connectivity index is 1.45. The molecule has 2 aliphatic rings. The van der Waals surface area contributed by atoms with Crippen LogP contribution in [0.15, 0.2) is 23.0 Å². The second kappa shape index (κ2) is 10.4. The van der Waals surface area contributed by atoms with Crippen molar-refractivity contribution in [3.05, 3.63) is 46.7 Å². The zero-order valence-electron chi connectivity index (χ0n) is 21.7. The van der Waals surface area contributed by atoms with Gasteiger partial charge in [-0.1, -0.05) is 5.16 Å². The van der Waals surface area contributed by atoms with E-state index in [1.165, 1.54) is 10.7 Å². The fourth-order valence-corrected chi connectivity index (χ4v) is 5.50. The highest BCUT2D eigenvalue weighted by Gasteiger charge is 2.41. The van der Waals surface area contributed by atoms with Crippen LogP contribution in [0, 0.1) is 18.8 Å². The molecule has 40 heavy (non-hydrogen) atoms. The molecule has 0 saturated heterocycles. The first-order chi connectivity index (χ1) is 18.8. The molecule has 2 saturated carbocycles. The average molecular weight is 569 g/mol. The van der Waals surface area contributed by atoms with E-state index in [-0.39, 0.29) is 43.3 Å². The third-order valence-corrected chi connectivity index (χ3v) is 7.79. The molecule has 3 N–H and O–H groups in total. The number of nitrogens with one attached hydrogen (secondary N) is 1. The van der Waals surface area contributed by atoms with E-state index in [0.29, 0.717) is 28.2 Å². The lowest BCUT2D eigenvalue weighted by molar-refractivity contribution is -0.144. The Labute approximate surface area is 225 Å². The first-order valence-electron chi connectivity index (χ1n) is 13.2. The van der Waals surface area contributed by atoms with Crippen LogP contribution in [0.2, 0.25) is 0 Å². The number of fused-ring (bicyclic) bond motifs is 1. The van der Waals surface area contributed by atoms with Crippen molar-refractivity contribution in [2.75, 3.05) is 0 Å². The van der Waals surface area contributed by atoms with Gasteiger partial charge in [0.05, 0.1) is 42.2 Å². The van der Waals surface area contributed by atoms with Gasteiger partial charge in [-0.05, 0) is 56.1 Å². The maximum Gasteiger partial charge on any atom is 0.389 e. The fourth-order valence-electron chi connectivity index (χ4n) is 5.50. The van der Waals surface area contributed by atoms with Crippen LogP contribution in [0.25, 0.3) is 5.65 Å². The number of halogens is 5. The molecule has 2 atom stereocenters. The highest BCUT2D eigenvalue weighted by molar-refractivity contribution is 5.91. The summed E-state index contributed by atoms with van der Waals surface area (Å²) in [7, 11) is 0. The van der Waals surface area contributed by atoms with Crippen molar-refractivity contribution in [3.8, 4) is 0 Å². The van der Waals surface area contributed by atoms with Gasteiger partial charge in [0.1, 0.15) is 0 Å². The summed E-state index contributed by atoms with van der Waals surface area (Å²) in [6, 6.07) is 1.20. The monoisotopic (exact) mass is 568 g/mol. The van der Waals surface area contributed by atoms with Crippen LogP contribution in [0.1, 0.15) is 96.4 Å². The number of carbonyl (C=O) groups is 2. The van der Waals surface area contributed by atoms with Gasteiger partial charge >= 0.3 is 6.18 Å². The summed E-state index contributed by atoms with van der Waals surface area (Å²) in [6.45, 7) is 1.63. The summed E-state index contributed by atoms with van der Waals surface area (Å²) < 4.78 is 72.4. The molecule has 3 aromatic rings. The van der Waals surface area contributed by atoms with Gasteiger partial charge in [-0.3, -0.25) is 9.59 Å². The largest absolute Gasteiger partial charge is 0.389 e. The smallest absolute Gasteiger partial charge is 0.363 e. The Kier molecular flexibility index (Phi) is 7.29. The third-order valence-electron chi connectivity index (χ3n) is 7.79. The minimum Gasteiger partial charge on any atom is -0.363 e. The number of rotatable bonds is 9. The first-order valence-corrected chi connectivity index (χ1v) is 13.2. The summed E-state index contributed by atoms with van der Waals surface area (Å²) in [4.78, 5) is 28.8. The normalized spacial score (nSPS) is 19.4. The van der Waals surface area contributed by atoms with Gasteiger partial charge in [-0.15, -0.1) is 0 Å². The fraction of sp³-hybridized carbons (Fsp3) is 0.577. The maximum atomic E-state index is 14.0. The number of hydrogen-bond donors (Lipinski definition) is 2. The molecule has 2 amide bonds. The van der Waals surface area contributed by atoms with E-state index in [2.05, 4.69) is 15.6 Å². The zero-order chi connectivity index (χ0) is 28.8. The Bertz CT molecular complexity index is 1400. The zero-order valence-corrected chi connectivity index (χ0v) is 21.7. The number of hydrogen-bond acceptors (Lipinski definition) is 6. The van der Waals surface area contributed by atoms with E-state index >= 15 is 0 Å². The Morgan fingerprint density at radius 1 is 1.20 bits per heavy atom. The van der Waals surface area contributed by atoms with Crippen LogP contribution in [0.5, 0.6) is 0 Å². The molecule has 0 unspecified atom stereocenters. The van der Waals surface area contributed by atoms with Crippen LogP contribution in [0.3, 0.4) is 0 Å². The molecule has 2 fully saturated rings. The van der Waals surface area contributed by atoms with E-state index in [1.807, 2.05) is 0 Å². The second-order valence-electron chi connectivity index (χ2n) is 10.8. The van der Waals surface area contributed by atoms with E-state index in [4.69, 9.17) is 15.2 Å². The predicted molar refractivity (Wildman–Crippen MR) is 130 cm³/mol. The molecule has 216 valence electrons. The Morgan fingerprint density at radius 2 is 1.90 bits per heavy atom. The van der Waals surface area contributed by atoms with Crippen LogP contribution in [-0.2, 0) is 4.79 Å². The molecule has 0 aliphatic heterocycles. The minimum absolute atomic E-state index is 0.0789. The predicted octanol–water partition coefficient (Wildman–Crippen LogP) is 4.99. The lowest BCUT2D eigenvalue weighted by atomic mass is 9.75. The SMILES string of the molecule is Cc1c([C@H](c2cn3ncc([C@H](NC(=O)CCC(F)(F)F)C4CC4)cc3n2)C2CCC(F)(F)CC2)noc1C(N)=O. The molecule has 0 spiro atoms. The number of imidazole rings is 1. The van der Waals surface area contributed by atoms with E-state index in [1.54, 1.807) is 19.2 Å². The molecule has 5 rings (SSSR count). The molecule has 3 heterocycles. The van der Waals surface area contributed by atoms with Crippen LogP contribution >= 0.6 is 0 Å². The van der Waals surface area contributed by atoms with E-state index in [0.717, 1.165) is 12.8 Å². The van der Waals surface area contributed by atoms with Crippen molar-refractivity contribution in [2.24, 2.45) is 17.6 Å². The maximum absolute atomic E-state index is 14.0. The van der Waals surface area contributed by atoms with Gasteiger partial charge in [-0.25, -0.2) is 18.3 Å². The van der Waals surface area contributed by atoms with Crippen molar-refractivity contribution in [3.63, 3.8) is 0 Å². The van der Waals surface area contributed by atoms with E-state index in [9.17, 15) is 31.5 Å². The van der Waals surface area contributed by atoms with Crippen molar-refractivity contribution < 1.29 is 36.1 Å². The summed E-state index contributed by atoms with van der Waals surface area (Å²) in [5.41, 5.74) is 7.71. The molecular weight excluding hydrogens is 539 g/mol. The molecule has 0 radical (unpaired) electrons. The summed E-state index contributed by atoms with van der Waals surface area (Å²) >= 11 is 0. The number of carbonyl (C=O) groups excluding carboxylic acids is 2. The number of alkyl halides is 5. The van der Waals surface area contributed by atoms with Crippen molar-refractivity contribution in [1.29, 1.82) is 0 Å². The lowest BCUT2D eigenvalue weighted by Crippen LogP contribution is -2.30. The molecule has 3 aromatic heterocycles. The number of primary amides is 1. The van der Waals surface area contributed by atoms with Crippen LogP contribution in [0.4, 0.5) is 22.0 Å². The lowest BCUT2D eigenvalue weighted by Gasteiger charge is -2.32. The van der Waals surface area contributed by atoms with Gasteiger partial charge in [0, 0.05) is 24.8 Å². The van der Waals surface area contributed by atoms with E-state index < -0.39 is 48.7 Å². The molecule has 0 aromatic carbocycles. The minimum atomic E-state index is -4.43. The van der Waals surface area contributed by atoms with Crippen LogP contribution < -0.4 is 11.1 Å². The summed E-state index contributed by atoms with van der Waals surface area (Å²) in [5, 5.41) is 11.2. The Morgan fingerprint density at radius 3 is 2.50 bits per heavy atom. The standard InChI is InChI=1S/C26H29F5N6O3/c1-13-21(36-40-23(13)24(32)39)20(14-4-7-25(27,28)8-5-14)17-12-37-18(34-17)10-16(11-33-37)22(15-2-3-15)35-19(38)6-9-26(29,30)31/h10-12,14-15,20,22H,2-9H2,1H3,(H2,32,39)(H,35,38)/t20-,22+/m0/s1. The van der Waals surface area contributed by atoms with Crippen LogP contribution in [-0.4, -0.2) is 43.7 Å². The summed E-state index contributed by atoms with van der Waals surface area (Å²) in [5.74, 6) is -5.11. The van der Waals surface area contributed by atoms with Gasteiger partial charge < -0.3 is 15.6 Å². The highest BCUT2D eigenvalue weighted by atomic mass is 19.4. The number of amides is 2. The number of aromatic nitrogens is 4. The van der Waals surface area contributed by atoms with Gasteiger partial charge in [0.25, 0.3) is 5.91 Å². The summed E-state index contributed by atoms with van der Waals surface area (Å²) in [6.07, 6.45) is -1.64. The average Bonchev–Trinajstić information content (AvgIpc) is 3.52. The topological polar surface area (TPSA) is 128 Å². The van der Waals surface area contributed by atoms with Gasteiger partial charge in [-0.2, -0.15) is 18.3 Å². The highest BCUT2D eigenvalue weighted by Crippen LogP contribution is 2.46. The molecular formula is C26H29F5N6O3. The second-order valence-corrected chi connectivity index (χ2v) is 10.8. The number of nitrogens with zero attached hydrogens (tertiary/aromatic N) is 4. The molecule has 0 bridgehead atoms. The van der Waals surface area contributed by atoms with Gasteiger partial charge in [0.2, 0.25) is 17.6 Å². The quantitative estimate of drug-likeness (QED) is 0.350.